The van der Waals surface area contributed by atoms with Gasteiger partial charge in [0.1, 0.15) is 6.61 Å². The molecule has 3 heteroatoms. The van der Waals surface area contributed by atoms with Crippen LogP contribution < -0.4 is 5.32 Å². The van der Waals surface area contributed by atoms with Crippen LogP contribution >= 0.6 is 0 Å². The quantitative estimate of drug-likeness (QED) is 0.732. The van der Waals surface area contributed by atoms with Crippen LogP contribution in [0, 0.1) is 17.8 Å². The van der Waals surface area contributed by atoms with Crippen LogP contribution in [0.3, 0.4) is 0 Å². The zero-order chi connectivity index (χ0) is 11.4. The Morgan fingerprint density at radius 2 is 2.19 bits per heavy atom. The molecule has 1 amide bonds. The minimum atomic E-state index is -0.176. The lowest BCUT2D eigenvalue weighted by atomic mass is 10.1. The number of amides is 1. The molecule has 0 atom stereocenters. The molecule has 82 valence electrons. The summed E-state index contributed by atoms with van der Waals surface area (Å²) >= 11 is 0. The van der Waals surface area contributed by atoms with E-state index in [0.717, 1.165) is 24.1 Å². The van der Waals surface area contributed by atoms with Crippen molar-refractivity contribution in [3.8, 4) is 11.8 Å². The lowest BCUT2D eigenvalue weighted by Gasteiger charge is -2.06. The van der Waals surface area contributed by atoms with Gasteiger partial charge in [-0.25, -0.2) is 0 Å². The standard InChI is InChI=1S/C13H13NO2/c15-9-3-5-10-4-1-2-6-12(10)14-13(16)11-7-8-11/h1-2,4,6,11,15H,7-9H2,(H,14,16). The summed E-state index contributed by atoms with van der Waals surface area (Å²) in [6, 6.07) is 7.35. The largest absolute Gasteiger partial charge is 0.384 e. The highest BCUT2D eigenvalue weighted by molar-refractivity contribution is 5.95. The van der Waals surface area contributed by atoms with E-state index in [1.165, 1.54) is 0 Å². The molecule has 0 bridgehead atoms. The number of benzene rings is 1. The molecule has 2 N–H and O–H groups in total. The van der Waals surface area contributed by atoms with Gasteiger partial charge in [0.2, 0.25) is 5.91 Å². The highest BCUT2D eigenvalue weighted by Gasteiger charge is 2.29. The number of hydrogen-bond donors (Lipinski definition) is 2. The van der Waals surface area contributed by atoms with E-state index in [4.69, 9.17) is 5.11 Å². The number of nitrogens with one attached hydrogen (secondary N) is 1. The molecule has 0 saturated heterocycles. The minimum absolute atomic E-state index is 0.0678. The van der Waals surface area contributed by atoms with E-state index in [-0.39, 0.29) is 18.4 Å². The summed E-state index contributed by atoms with van der Waals surface area (Å²) in [7, 11) is 0. The number of rotatable bonds is 2. The maximum atomic E-state index is 11.6. The maximum Gasteiger partial charge on any atom is 0.227 e. The second-order valence-corrected chi connectivity index (χ2v) is 3.77. The van der Waals surface area contributed by atoms with Crippen LogP contribution in [-0.2, 0) is 4.79 Å². The van der Waals surface area contributed by atoms with Gasteiger partial charge in [-0.15, -0.1) is 0 Å². The number of anilines is 1. The Kier molecular flexibility index (Phi) is 3.23. The van der Waals surface area contributed by atoms with Crippen LogP contribution in [-0.4, -0.2) is 17.6 Å². The molecule has 1 aromatic carbocycles. The Morgan fingerprint density at radius 1 is 1.44 bits per heavy atom. The first-order valence-electron chi connectivity index (χ1n) is 5.31. The van der Waals surface area contributed by atoms with Crippen LogP contribution in [0.2, 0.25) is 0 Å². The second-order valence-electron chi connectivity index (χ2n) is 3.77. The predicted molar refractivity (Wildman–Crippen MR) is 61.8 cm³/mol. The van der Waals surface area contributed by atoms with Crippen LogP contribution in [0.5, 0.6) is 0 Å². The fraction of sp³-hybridized carbons (Fsp3) is 0.308. The van der Waals surface area contributed by atoms with Gasteiger partial charge >= 0.3 is 0 Å². The summed E-state index contributed by atoms with van der Waals surface area (Å²) in [5, 5.41) is 11.5. The number of para-hydroxylation sites is 1. The first-order chi connectivity index (χ1) is 7.81. The first kappa shape index (κ1) is 10.7. The third kappa shape index (κ3) is 2.62. The molecule has 0 spiro atoms. The third-order valence-electron chi connectivity index (χ3n) is 2.44. The highest BCUT2D eigenvalue weighted by atomic mass is 16.2. The molecule has 0 aromatic heterocycles. The van der Waals surface area contributed by atoms with Crippen LogP contribution in [0.15, 0.2) is 24.3 Å². The Labute approximate surface area is 94.5 Å². The van der Waals surface area contributed by atoms with Crippen molar-refractivity contribution in [2.24, 2.45) is 5.92 Å². The van der Waals surface area contributed by atoms with E-state index >= 15 is 0 Å². The normalized spacial score (nSPS) is 13.8. The van der Waals surface area contributed by atoms with Gasteiger partial charge in [0.05, 0.1) is 5.69 Å². The molecule has 1 aliphatic carbocycles. The van der Waals surface area contributed by atoms with Crippen molar-refractivity contribution in [3.05, 3.63) is 29.8 Å². The molecule has 16 heavy (non-hydrogen) atoms. The van der Waals surface area contributed by atoms with Gasteiger partial charge < -0.3 is 10.4 Å². The predicted octanol–water partition coefficient (Wildman–Crippen LogP) is 1.38. The third-order valence-corrected chi connectivity index (χ3v) is 2.44. The van der Waals surface area contributed by atoms with Gasteiger partial charge in [0.25, 0.3) is 0 Å². The van der Waals surface area contributed by atoms with E-state index in [1.54, 1.807) is 0 Å². The van der Waals surface area contributed by atoms with E-state index in [2.05, 4.69) is 17.2 Å². The van der Waals surface area contributed by atoms with Gasteiger partial charge in [0, 0.05) is 11.5 Å². The molecule has 0 heterocycles. The first-order valence-corrected chi connectivity index (χ1v) is 5.31. The number of carbonyl (C=O) groups is 1. The van der Waals surface area contributed by atoms with Crippen molar-refractivity contribution in [1.82, 2.24) is 0 Å². The molecule has 0 aliphatic heterocycles. The molecule has 1 fully saturated rings. The number of hydrogen-bond acceptors (Lipinski definition) is 2. The summed E-state index contributed by atoms with van der Waals surface area (Å²) in [5.74, 6) is 5.64. The van der Waals surface area contributed by atoms with Crippen molar-refractivity contribution in [3.63, 3.8) is 0 Å². The zero-order valence-electron chi connectivity index (χ0n) is 8.86. The Balaban J connectivity index is 2.15. The monoisotopic (exact) mass is 215 g/mol. The fourth-order valence-electron chi connectivity index (χ4n) is 1.42. The van der Waals surface area contributed by atoms with Crippen LogP contribution in [0.1, 0.15) is 18.4 Å². The highest BCUT2D eigenvalue weighted by Crippen LogP contribution is 2.30. The fourth-order valence-corrected chi connectivity index (χ4v) is 1.42. The zero-order valence-corrected chi connectivity index (χ0v) is 8.86. The summed E-state index contributed by atoms with van der Waals surface area (Å²) in [6.45, 7) is -0.176. The van der Waals surface area contributed by atoms with Gasteiger partial charge in [-0.2, -0.15) is 0 Å². The van der Waals surface area contributed by atoms with Gasteiger partial charge in [-0.05, 0) is 25.0 Å². The van der Waals surface area contributed by atoms with Gasteiger partial charge in [0.15, 0.2) is 0 Å². The molecule has 1 aromatic rings. The summed E-state index contributed by atoms with van der Waals surface area (Å²) in [6.07, 6.45) is 1.96. The van der Waals surface area contributed by atoms with Crippen LogP contribution in [0.4, 0.5) is 5.69 Å². The molecule has 1 saturated carbocycles. The number of aliphatic hydroxyl groups is 1. The summed E-state index contributed by atoms with van der Waals surface area (Å²) in [4.78, 5) is 11.6. The lowest BCUT2D eigenvalue weighted by Crippen LogP contribution is -2.14. The minimum Gasteiger partial charge on any atom is -0.384 e. The van der Waals surface area contributed by atoms with E-state index in [9.17, 15) is 4.79 Å². The Morgan fingerprint density at radius 3 is 2.88 bits per heavy atom. The van der Waals surface area contributed by atoms with Gasteiger partial charge in [-0.1, -0.05) is 24.0 Å². The number of carbonyl (C=O) groups excluding carboxylic acids is 1. The maximum absolute atomic E-state index is 11.6. The van der Waals surface area contributed by atoms with E-state index < -0.39 is 0 Å². The average Bonchev–Trinajstić information content (AvgIpc) is 3.11. The molecule has 3 nitrogen and oxygen atoms in total. The second kappa shape index (κ2) is 4.82. The molecular weight excluding hydrogens is 202 g/mol. The van der Waals surface area contributed by atoms with Crippen molar-refractivity contribution in [2.45, 2.75) is 12.8 Å². The molecule has 0 unspecified atom stereocenters. The Hall–Kier alpha value is -1.79. The Bertz CT molecular complexity index is 452. The molecule has 2 rings (SSSR count). The average molecular weight is 215 g/mol. The SMILES string of the molecule is O=C(Nc1ccccc1C#CCO)C1CC1. The molecular formula is C13H13NO2. The summed E-state index contributed by atoms with van der Waals surface area (Å²) < 4.78 is 0. The van der Waals surface area contributed by atoms with Crippen molar-refractivity contribution >= 4 is 11.6 Å². The van der Waals surface area contributed by atoms with E-state index in [0.29, 0.717) is 0 Å². The number of aliphatic hydroxyl groups excluding tert-OH is 1. The van der Waals surface area contributed by atoms with E-state index in [1.807, 2.05) is 24.3 Å². The van der Waals surface area contributed by atoms with Crippen molar-refractivity contribution in [1.29, 1.82) is 0 Å². The summed E-state index contributed by atoms with van der Waals surface area (Å²) in [5.41, 5.74) is 1.46. The van der Waals surface area contributed by atoms with Crippen molar-refractivity contribution < 1.29 is 9.90 Å². The van der Waals surface area contributed by atoms with Crippen molar-refractivity contribution in [2.75, 3.05) is 11.9 Å². The smallest absolute Gasteiger partial charge is 0.227 e. The van der Waals surface area contributed by atoms with Gasteiger partial charge in [-0.3, -0.25) is 4.79 Å². The molecule has 1 aliphatic rings. The lowest BCUT2D eigenvalue weighted by molar-refractivity contribution is -0.117. The van der Waals surface area contributed by atoms with Crippen LogP contribution in [0.25, 0.3) is 0 Å². The molecule has 0 radical (unpaired) electrons. The topological polar surface area (TPSA) is 49.3 Å².